The molecular weight excluding hydrogens is 791 g/mol. The zero-order valence-electron chi connectivity index (χ0n) is 33.8. The van der Waals surface area contributed by atoms with Gasteiger partial charge >= 0.3 is 6.09 Å². The summed E-state index contributed by atoms with van der Waals surface area (Å²) in [5.41, 5.74) is -1.69. The summed E-state index contributed by atoms with van der Waals surface area (Å²) in [5, 5.41) is 4.46. The molecule has 3 heterocycles. The molecular formula is C41H52F2N6O9S. The fourth-order valence-electron chi connectivity index (χ4n) is 9.36. The number of nitrogens with one attached hydrogen (secondary N) is 3. The van der Waals surface area contributed by atoms with Crippen molar-refractivity contribution in [3.8, 4) is 11.6 Å². The second kappa shape index (κ2) is 15.1. The highest BCUT2D eigenvalue weighted by Crippen LogP contribution is 2.58. The molecule has 320 valence electrons. The SMILES string of the molecule is COc1ccc2nc3c(nc2c1)O[C@H]1CN(C(=O)[C@H](C(C)(C)C)NC(=O)O[C@@H]2CC4C[C@@H]4[C@H]2CCC/C=C/3)[C@H](C(=O)N[C@]2(C(=O)NS(=O)(=O)C3CC3)C[C@H]2C(F)F)[C@@H]1C. The van der Waals surface area contributed by atoms with Crippen LogP contribution in [0, 0.1) is 35.0 Å². The number of carbonyl (C=O) groups is 4. The minimum absolute atomic E-state index is 0.125. The number of aromatic nitrogens is 2. The molecule has 5 fully saturated rings. The highest BCUT2D eigenvalue weighted by Gasteiger charge is 2.67. The molecule has 2 aliphatic heterocycles. The number of fused-ring (bicyclic) bond motifs is 7. The van der Waals surface area contributed by atoms with E-state index in [9.17, 15) is 36.4 Å². The van der Waals surface area contributed by atoms with Crippen molar-refractivity contribution in [1.82, 2.24) is 30.2 Å². The second-order valence-electron chi connectivity index (χ2n) is 18.3. The second-order valence-corrected chi connectivity index (χ2v) is 20.2. The van der Waals surface area contributed by atoms with Crippen LogP contribution in [-0.4, -0.2) is 102 Å². The first kappa shape index (κ1) is 41.1. The van der Waals surface area contributed by atoms with Crippen LogP contribution in [0.3, 0.4) is 0 Å². The number of alkyl halides is 2. The van der Waals surface area contributed by atoms with E-state index >= 15 is 0 Å². The van der Waals surface area contributed by atoms with Gasteiger partial charge in [0.05, 0.1) is 35.9 Å². The molecule has 2 aromatic rings. The first-order valence-electron chi connectivity index (χ1n) is 20.5. The number of alkyl carbamates (subject to hydrolysis) is 1. The quantitative estimate of drug-likeness (QED) is 0.359. The van der Waals surface area contributed by atoms with Gasteiger partial charge in [0.2, 0.25) is 34.1 Å². The smallest absolute Gasteiger partial charge is 0.408 e. The Hall–Kier alpha value is -4.61. The Morgan fingerprint density at radius 1 is 1.05 bits per heavy atom. The largest absolute Gasteiger partial charge is 0.497 e. The van der Waals surface area contributed by atoms with Crippen LogP contribution in [0.1, 0.15) is 84.8 Å². The third kappa shape index (κ3) is 8.04. The van der Waals surface area contributed by atoms with E-state index in [1.54, 1.807) is 45.9 Å². The Labute approximate surface area is 341 Å². The van der Waals surface area contributed by atoms with Gasteiger partial charge in [-0.1, -0.05) is 33.8 Å². The topological polar surface area (TPSA) is 195 Å². The lowest BCUT2D eigenvalue weighted by Crippen LogP contribution is -2.61. The number of benzene rings is 1. The number of hydrogen-bond donors (Lipinski definition) is 3. The maximum atomic E-state index is 14.9. The molecule has 8 rings (SSSR count). The van der Waals surface area contributed by atoms with E-state index in [1.807, 2.05) is 16.9 Å². The van der Waals surface area contributed by atoms with Crippen LogP contribution >= 0.6 is 0 Å². The number of halogens is 2. The Morgan fingerprint density at radius 2 is 1.81 bits per heavy atom. The maximum Gasteiger partial charge on any atom is 0.408 e. The summed E-state index contributed by atoms with van der Waals surface area (Å²) in [4.78, 5) is 67.5. The Balaban J connectivity index is 1.16. The number of hydrogen-bond acceptors (Lipinski definition) is 11. The summed E-state index contributed by atoms with van der Waals surface area (Å²) in [7, 11) is -2.62. The van der Waals surface area contributed by atoms with Gasteiger partial charge in [-0.3, -0.25) is 19.1 Å². The van der Waals surface area contributed by atoms with Crippen LogP contribution in [0.15, 0.2) is 24.3 Å². The molecule has 15 nitrogen and oxygen atoms in total. The molecule has 3 N–H and O–H groups in total. The predicted octanol–water partition coefficient (Wildman–Crippen LogP) is 4.34. The average molecular weight is 843 g/mol. The van der Waals surface area contributed by atoms with Crippen LogP contribution in [0.25, 0.3) is 17.1 Å². The van der Waals surface area contributed by atoms with Crippen LogP contribution in [0.2, 0.25) is 0 Å². The van der Waals surface area contributed by atoms with Gasteiger partial charge in [0.1, 0.15) is 41.3 Å². The molecule has 4 aliphatic carbocycles. The number of rotatable bonds is 7. The Kier molecular flexibility index (Phi) is 10.6. The molecule has 0 spiro atoms. The van der Waals surface area contributed by atoms with E-state index in [0.29, 0.717) is 53.6 Å². The van der Waals surface area contributed by atoms with E-state index in [-0.39, 0.29) is 24.4 Å². The Bertz CT molecular complexity index is 2180. The van der Waals surface area contributed by atoms with Gasteiger partial charge in [0.25, 0.3) is 5.91 Å². The van der Waals surface area contributed by atoms with Gasteiger partial charge in [-0.05, 0) is 92.7 Å². The number of sulfonamides is 1. The van der Waals surface area contributed by atoms with Crippen molar-refractivity contribution >= 4 is 50.9 Å². The molecule has 4 saturated carbocycles. The molecule has 1 unspecified atom stereocenters. The molecule has 1 aromatic heterocycles. The van der Waals surface area contributed by atoms with Gasteiger partial charge in [-0.25, -0.2) is 32.0 Å². The summed E-state index contributed by atoms with van der Waals surface area (Å²) in [5.74, 6) is -3.58. The Morgan fingerprint density at radius 3 is 2.49 bits per heavy atom. The van der Waals surface area contributed by atoms with E-state index in [0.717, 1.165) is 25.7 Å². The normalized spacial score (nSPS) is 33.9. The molecule has 18 heteroatoms. The lowest BCUT2D eigenvalue weighted by Gasteiger charge is -2.36. The summed E-state index contributed by atoms with van der Waals surface area (Å²) in [6.07, 6.45) is 3.12. The van der Waals surface area contributed by atoms with E-state index in [4.69, 9.17) is 24.2 Å². The van der Waals surface area contributed by atoms with Crippen molar-refractivity contribution in [3.63, 3.8) is 0 Å². The third-order valence-electron chi connectivity index (χ3n) is 13.1. The summed E-state index contributed by atoms with van der Waals surface area (Å²) < 4.78 is 74.1. The van der Waals surface area contributed by atoms with Gasteiger partial charge in [0, 0.05) is 12.0 Å². The predicted molar refractivity (Wildman–Crippen MR) is 209 cm³/mol. The van der Waals surface area contributed by atoms with Crippen LogP contribution in [0.4, 0.5) is 13.6 Å². The van der Waals surface area contributed by atoms with Crippen LogP contribution in [-0.2, 0) is 29.1 Å². The fourth-order valence-corrected chi connectivity index (χ4v) is 10.7. The lowest BCUT2D eigenvalue weighted by molar-refractivity contribution is -0.143. The van der Waals surface area contributed by atoms with Crippen LogP contribution < -0.4 is 24.8 Å². The molecule has 2 bridgehead atoms. The van der Waals surface area contributed by atoms with Crippen molar-refractivity contribution in [2.45, 2.75) is 121 Å². The molecule has 59 heavy (non-hydrogen) atoms. The van der Waals surface area contributed by atoms with Crippen molar-refractivity contribution < 1.29 is 50.6 Å². The van der Waals surface area contributed by atoms with Crippen molar-refractivity contribution in [1.29, 1.82) is 0 Å². The lowest BCUT2D eigenvalue weighted by atomic mass is 9.85. The number of carbonyl (C=O) groups excluding carboxylic acids is 4. The highest BCUT2D eigenvalue weighted by atomic mass is 32.2. The van der Waals surface area contributed by atoms with Gasteiger partial charge in [0.15, 0.2) is 0 Å². The monoisotopic (exact) mass is 842 g/mol. The van der Waals surface area contributed by atoms with Crippen molar-refractivity contribution in [2.75, 3.05) is 13.7 Å². The molecule has 10 atom stereocenters. The number of methoxy groups -OCH3 is 1. The number of ether oxygens (including phenoxy) is 3. The number of amides is 4. The minimum atomic E-state index is -4.15. The first-order valence-corrected chi connectivity index (χ1v) is 22.1. The zero-order valence-corrected chi connectivity index (χ0v) is 34.6. The molecule has 4 amide bonds. The number of nitrogens with zero attached hydrogens (tertiary/aromatic N) is 3. The highest BCUT2D eigenvalue weighted by molar-refractivity contribution is 7.91. The molecule has 0 radical (unpaired) electrons. The summed E-state index contributed by atoms with van der Waals surface area (Å²) >= 11 is 0. The molecule has 6 aliphatic rings. The van der Waals surface area contributed by atoms with Gasteiger partial charge < -0.3 is 29.7 Å². The molecule has 1 saturated heterocycles. The van der Waals surface area contributed by atoms with Gasteiger partial charge in [-0.15, -0.1) is 0 Å². The van der Waals surface area contributed by atoms with E-state index < -0.39 is 92.9 Å². The minimum Gasteiger partial charge on any atom is -0.497 e. The van der Waals surface area contributed by atoms with Gasteiger partial charge in [-0.2, -0.15) is 0 Å². The van der Waals surface area contributed by atoms with E-state index in [2.05, 4.69) is 10.6 Å². The van der Waals surface area contributed by atoms with E-state index in [1.165, 1.54) is 12.0 Å². The standard InChI is InChI=1S/C41H52F2N6O9S/c1-20-31-19-49(32(20)35(50)47-41(18-26(41)34(42)43)38(52)48-59(54,55)23-12-13-23)37(51)33(40(2,3)4)46-39(53)58-30-16-21-15-25(21)24(30)9-7-6-8-10-28-36(57-31)45-29-17-22(56-5)11-14-27(29)44-28/h8,10-11,14,17,20-21,23-26,30-34H,6-7,9,12-13,15-16,18-19H2,1-5H3,(H,46,53)(H,47,50)(H,48,52)/b10-8+/t20-,21?,24-,25+,26+,30-,31+,32+,33-,41-/m1/s1. The van der Waals surface area contributed by atoms with Crippen molar-refractivity contribution in [2.24, 2.45) is 35.0 Å². The maximum absolute atomic E-state index is 14.9. The molecule has 1 aromatic carbocycles. The first-order chi connectivity index (χ1) is 27.9. The fraction of sp³-hybridized carbons (Fsp3) is 0.659. The zero-order chi connectivity index (χ0) is 42.2. The van der Waals surface area contributed by atoms with Crippen LogP contribution in [0.5, 0.6) is 11.6 Å². The summed E-state index contributed by atoms with van der Waals surface area (Å²) in [6.45, 7) is 6.72. The van der Waals surface area contributed by atoms with Crippen molar-refractivity contribution in [3.05, 3.63) is 30.0 Å². The summed E-state index contributed by atoms with van der Waals surface area (Å²) in [6, 6.07) is 2.62. The average Bonchev–Trinajstić information content (AvgIpc) is 4.09. The third-order valence-corrected chi connectivity index (χ3v) is 14.9. The number of allylic oxidation sites excluding steroid dienone is 1.